The number of carbonyl (C=O) groups is 1. The second kappa shape index (κ2) is 6.37. The van der Waals surface area contributed by atoms with E-state index in [1.54, 1.807) is 13.8 Å². The molecule has 0 spiro atoms. The number of fused-ring (bicyclic) bond motifs is 1. The summed E-state index contributed by atoms with van der Waals surface area (Å²) in [6.07, 6.45) is -1.50. The van der Waals surface area contributed by atoms with Crippen molar-refractivity contribution >= 4 is 5.97 Å². The van der Waals surface area contributed by atoms with Gasteiger partial charge in [0.2, 0.25) is 0 Å². The zero-order chi connectivity index (χ0) is 18.4. The van der Waals surface area contributed by atoms with E-state index in [0.717, 1.165) is 4.57 Å². The summed E-state index contributed by atoms with van der Waals surface area (Å²) in [4.78, 5) is 37.2. The van der Waals surface area contributed by atoms with Gasteiger partial charge in [0.1, 0.15) is 24.9 Å². The smallest absolute Gasteiger partial charge is 0.330 e. The van der Waals surface area contributed by atoms with Crippen LogP contribution in [0.1, 0.15) is 32.6 Å². The van der Waals surface area contributed by atoms with Gasteiger partial charge in [-0.25, -0.2) is 4.79 Å². The molecule has 2 saturated heterocycles. The molecule has 2 aliphatic heterocycles. The highest BCUT2D eigenvalue weighted by molar-refractivity contribution is 5.65. The zero-order valence-corrected chi connectivity index (χ0v) is 14.1. The Morgan fingerprint density at radius 1 is 1.36 bits per heavy atom. The predicted octanol–water partition coefficient (Wildman–Crippen LogP) is -0.990. The van der Waals surface area contributed by atoms with Crippen LogP contribution in [-0.2, 0) is 30.3 Å². The van der Waals surface area contributed by atoms with Gasteiger partial charge in [-0.05, 0) is 13.8 Å². The van der Waals surface area contributed by atoms with E-state index < -0.39 is 47.5 Å². The number of aromatic amines is 1. The molecule has 0 bridgehead atoms. The Labute approximate surface area is 142 Å². The molecule has 138 valence electrons. The Balaban J connectivity index is 1.95. The third-order valence-corrected chi connectivity index (χ3v) is 4.05. The van der Waals surface area contributed by atoms with Gasteiger partial charge in [-0.2, -0.15) is 0 Å². The van der Waals surface area contributed by atoms with Crippen LogP contribution in [0.2, 0.25) is 0 Å². The SMILES string of the molecule is CC(=O)OCc1cn([C@@H]2O[C@H](CO)[C@H]3OC(C)(C)O[C@H]32)c(=O)[nH]c1=O. The molecule has 3 rings (SSSR count). The maximum atomic E-state index is 12.2. The Kier molecular flexibility index (Phi) is 4.54. The molecule has 2 aliphatic rings. The van der Waals surface area contributed by atoms with Gasteiger partial charge in [-0.3, -0.25) is 19.1 Å². The lowest BCUT2D eigenvalue weighted by Crippen LogP contribution is -2.38. The molecule has 10 heteroatoms. The van der Waals surface area contributed by atoms with Crippen LogP contribution in [0.5, 0.6) is 0 Å². The van der Waals surface area contributed by atoms with Crippen molar-refractivity contribution in [2.24, 2.45) is 0 Å². The van der Waals surface area contributed by atoms with Gasteiger partial charge in [-0.1, -0.05) is 0 Å². The lowest BCUT2D eigenvalue weighted by Gasteiger charge is -2.24. The summed E-state index contributed by atoms with van der Waals surface area (Å²) < 4.78 is 23.2. The number of hydrogen-bond donors (Lipinski definition) is 2. The minimum absolute atomic E-state index is 0.0839. The summed E-state index contributed by atoms with van der Waals surface area (Å²) in [6, 6.07) is 0. The summed E-state index contributed by atoms with van der Waals surface area (Å²) in [5.74, 6) is -1.44. The van der Waals surface area contributed by atoms with E-state index in [1.807, 2.05) is 0 Å². The molecule has 0 aliphatic carbocycles. The largest absolute Gasteiger partial charge is 0.461 e. The van der Waals surface area contributed by atoms with Gasteiger partial charge in [0, 0.05) is 13.1 Å². The summed E-state index contributed by atoms with van der Waals surface area (Å²) in [5.41, 5.74) is -1.27. The highest BCUT2D eigenvalue weighted by Gasteiger charge is 2.55. The van der Waals surface area contributed by atoms with E-state index in [-0.39, 0.29) is 18.8 Å². The predicted molar refractivity (Wildman–Crippen MR) is 81.6 cm³/mol. The van der Waals surface area contributed by atoms with Crippen molar-refractivity contribution in [3.05, 3.63) is 32.6 Å². The maximum Gasteiger partial charge on any atom is 0.330 e. The number of nitrogens with zero attached hydrogens (tertiary/aromatic N) is 1. The van der Waals surface area contributed by atoms with Crippen LogP contribution in [0.15, 0.2) is 15.8 Å². The molecular formula is C15H20N2O8. The minimum Gasteiger partial charge on any atom is -0.461 e. The number of nitrogens with one attached hydrogen (secondary N) is 1. The number of ether oxygens (including phenoxy) is 4. The molecule has 1 aromatic heterocycles. The highest BCUT2D eigenvalue weighted by Crippen LogP contribution is 2.42. The summed E-state index contributed by atoms with van der Waals surface area (Å²) in [6.45, 7) is 4.07. The average molecular weight is 356 g/mol. The third-order valence-electron chi connectivity index (χ3n) is 4.05. The van der Waals surface area contributed by atoms with E-state index in [0.29, 0.717) is 0 Å². The first-order chi connectivity index (χ1) is 11.7. The average Bonchev–Trinajstić information content (AvgIpc) is 2.99. The van der Waals surface area contributed by atoms with Gasteiger partial charge < -0.3 is 24.1 Å². The van der Waals surface area contributed by atoms with E-state index in [9.17, 15) is 19.5 Å². The first-order valence-electron chi connectivity index (χ1n) is 7.81. The molecular weight excluding hydrogens is 336 g/mol. The van der Waals surface area contributed by atoms with Gasteiger partial charge in [0.05, 0.1) is 12.2 Å². The number of aliphatic hydroxyl groups excluding tert-OH is 1. The molecule has 0 amide bonds. The van der Waals surface area contributed by atoms with Crippen molar-refractivity contribution < 1.29 is 28.8 Å². The molecule has 2 N–H and O–H groups in total. The van der Waals surface area contributed by atoms with Gasteiger partial charge in [0.25, 0.3) is 5.56 Å². The molecule has 3 heterocycles. The second-order valence-electron chi connectivity index (χ2n) is 6.41. The Morgan fingerprint density at radius 3 is 2.68 bits per heavy atom. The molecule has 0 aromatic carbocycles. The summed E-state index contributed by atoms with van der Waals surface area (Å²) in [5, 5.41) is 9.50. The van der Waals surface area contributed by atoms with Gasteiger partial charge in [-0.15, -0.1) is 0 Å². The topological polar surface area (TPSA) is 129 Å². The second-order valence-corrected chi connectivity index (χ2v) is 6.41. The standard InChI is InChI=1S/C15H20N2O8/c1-7(19)22-6-8-4-17(14(21)16-12(8)20)13-11-10(9(5-18)23-13)24-15(2,3)25-11/h4,9-11,13,18H,5-6H2,1-3H3,(H,16,20,21)/t9-,10-,11-,13-/m1/s1. The number of aliphatic hydroxyl groups is 1. The molecule has 0 saturated carbocycles. The monoisotopic (exact) mass is 356 g/mol. The van der Waals surface area contributed by atoms with Gasteiger partial charge >= 0.3 is 11.7 Å². The van der Waals surface area contributed by atoms with Gasteiger partial charge in [0.15, 0.2) is 12.0 Å². The van der Waals surface area contributed by atoms with E-state index >= 15 is 0 Å². The van der Waals surface area contributed by atoms with Crippen molar-refractivity contribution in [1.29, 1.82) is 0 Å². The summed E-state index contributed by atoms with van der Waals surface area (Å²) in [7, 11) is 0. The number of hydrogen-bond acceptors (Lipinski definition) is 8. The normalized spacial score (nSPS) is 30.2. The van der Waals surface area contributed by atoms with Crippen molar-refractivity contribution in [2.45, 2.75) is 57.7 Å². The number of carbonyl (C=O) groups excluding carboxylic acids is 1. The number of H-pyrrole nitrogens is 1. The minimum atomic E-state index is -0.899. The number of esters is 1. The lowest BCUT2D eigenvalue weighted by atomic mass is 10.1. The highest BCUT2D eigenvalue weighted by atomic mass is 16.8. The van der Waals surface area contributed by atoms with Crippen LogP contribution in [-0.4, -0.2) is 51.3 Å². The third kappa shape index (κ3) is 3.38. The fourth-order valence-corrected chi connectivity index (χ4v) is 3.03. The summed E-state index contributed by atoms with van der Waals surface area (Å²) >= 11 is 0. The molecule has 0 radical (unpaired) electrons. The van der Waals surface area contributed by atoms with E-state index in [4.69, 9.17) is 18.9 Å². The molecule has 25 heavy (non-hydrogen) atoms. The van der Waals surface area contributed by atoms with Crippen LogP contribution in [0.25, 0.3) is 0 Å². The van der Waals surface area contributed by atoms with Crippen LogP contribution in [0, 0.1) is 0 Å². The Bertz CT molecular complexity index is 782. The van der Waals surface area contributed by atoms with Crippen LogP contribution < -0.4 is 11.2 Å². The van der Waals surface area contributed by atoms with Crippen LogP contribution in [0.4, 0.5) is 0 Å². The van der Waals surface area contributed by atoms with Crippen molar-refractivity contribution in [2.75, 3.05) is 6.61 Å². The molecule has 2 fully saturated rings. The van der Waals surface area contributed by atoms with Crippen molar-refractivity contribution in [3.8, 4) is 0 Å². The lowest BCUT2D eigenvalue weighted by molar-refractivity contribution is -0.200. The molecule has 4 atom stereocenters. The Hall–Kier alpha value is -2.01. The maximum absolute atomic E-state index is 12.2. The number of aromatic nitrogens is 2. The van der Waals surface area contributed by atoms with Crippen molar-refractivity contribution in [1.82, 2.24) is 9.55 Å². The van der Waals surface area contributed by atoms with E-state index in [2.05, 4.69) is 4.98 Å². The number of rotatable bonds is 4. The van der Waals surface area contributed by atoms with Crippen LogP contribution in [0.3, 0.4) is 0 Å². The van der Waals surface area contributed by atoms with Crippen LogP contribution >= 0.6 is 0 Å². The molecule has 1 aromatic rings. The first-order valence-corrected chi connectivity index (χ1v) is 7.81. The fraction of sp³-hybridized carbons (Fsp3) is 0.667. The first kappa shape index (κ1) is 17.8. The van der Waals surface area contributed by atoms with E-state index in [1.165, 1.54) is 13.1 Å². The van der Waals surface area contributed by atoms with Crippen molar-refractivity contribution in [3.63, 3.8) is 0 Å². The fourth-order valence-electron chi connectivity index (χ4n) is 3.03. The quantitative estimate of drug-likeness (QED) is 0.658. The Morgan fingerprint density at radius 2 is 2.04 bits per heavy atom. The molecule has 0 unspecified atom stereocenters. The zero-order valence-electron chi connectivity index (χ0n) is 14.1. The molecule has 10 nitrogen and oxygen atoms in total.